The van der Waals surface area contributed by atoms with Crippen molar-refractivity contribution >= 4 is 16.9 Å². The van der Waals surface area contributed by atoms with Gasteiger partial charge in [0.05, 0.1) is 23.7 Å². The number of rotatable bonds is 5. The van der Waals surface area contributed by atoms with E-state index < -0.39 is 0 Å². The van der Waals surface area contributed by atoms with Crippen LogP contribution in [0.15, 0.2) is 59.9 Å². The minimum absolute atomic E-state index is 0.191. The van der Waals surface area contributed by atoms with Crippen molar-refractivity contribution in [2.45, 2.75) is 13.5 Å². The van der Waals surface area contributed by atoms with Crippen LogP contribution >= 0.6 is 0 Å². The van der Waals surface area contributed by atoms with E-state index in [4.69, 9.17) is 15.1 Å². The van der Waals surface area contributed by atoms with Gasteiger partial charge in [-0.1, -0.05) is 6.07 Å². The first kappa shape index (κ1) is 16.9. The molecule has 0 bridgehead atoms. The number of anilines is 1. The highest BCUT2D eigenvalue weighted by molar-refractivity contribution is 5.81. The quantitative estimate of drug-likeness (QED) is 0.487. The monoisotopic (exact) mass is 388 g/mol. The summed E-state index contributed by atoms with van der Waals surface area (Å²) in [7, 11) is 0. The molecule has 0 aliphatic carbocycles. The number of hydrogen-bond donors (Lipinski definition) is 1. The van der Waals surface area contributed by atoms with E-state index >= 15 is 0 Å². The second kappa shape index (κ2) is 6.75. The van der Waals surface area contributed by atoms with Crippen molar-refractivity contribution < 1.29 is 9.37 Å². The minimum atomic E-state index is 0.191. The van der Waals surface area contributed by atoms with Crippen molar-refractivity contribution in [3.63, 3.8) is 0 Å². The van der Waals surface area contributed by atoms with Crippen LogP contribution in [-0.4, -0.2) is 34.4 Å². The van der Waals surface area contributed by atoms with Crippen LogP contribution in [-0.2, 0) is 6.54 Å². The van der Waals surface area contributed by atoms with Gasteiger partial charge in [-0.15, -0.1) is 0 Å². The molecule has 29 heavy (non-hydrogen) atoms. The van der Waals surface area contributed by atoms with Crippen molar-refractivity contribution in [1.82, 2.24) is 34.4 Å². The molecule has 1 aromatic carbocycles. The van der Waals surface area contributed by atoms with E-state index in [1.165, 1.54) is 0 Å². The van der Waals surface area contributed by atoms with Crippen molar-refractivity contribution in [3.05, 3.63) is 55.2 Å². The molecule has 5 rings (SSSR count). The van der Waals surface area contributed by atoms with E-state index in [1.807, 2.05) is 52.6 Å². The van der Waals surface area contributed by atoms with E-state index in [-0.39, 0.29) is 5.82 Å². The molecule has 4 aromatic heterocycles. The summed E-state index contributed by atoms with van der Waals surface area (Å²) in [5, 5.41) is 7.49. The van der Waals surface area contributed by atoms with Crippen LogP contribution < -0.4 is 10.5 Å². The predicted octanol–water partition coefficient (Wildman–Crippen LogP) is 3.06. The Labute approximate surface area is 164 Å². The molecule has 0 unspecified atom stereocenters. The van der Waals surface area contributed by atoms with E-state index in [0.29, 0.717) is 35.2 Å². The summed E-state index contributed by atoms with van der Waals surface area (Å²) in [6.07, 6.45) is 6.98. The van der Waals surface area contributed by atoms with Gasteiger partial charge in [-0.2, -0.15) is 0 Å². The number of ether oxygens (including phenoxy) is 1. The number of nitrogens with zero attached hydrogens (tertiary/aromatic N) is 7. The van der Waals surface area contributed by atoms with Crippen molar-refractivity contribution in [1.29, 1.82) is 0 Å². The standard InChI is InChI=1S/C19H16N8O2/c1-2-27-15-9-16(22-10-14(15)23-19(27)17-18(20)25-29-24-17)28-13-5-3-4-12(8-13)26-7-6-21-11-26/h3-11H,2H2,1H3,(H2,20,25). The number of aryl methyl sites for hydroxylation is 1. The molecular formula is C19H16N8O2. The van der Waals surface area contributed by atoms with Gasteiger partial charge >= 0.3 is 0 Å². The fraction of sp³-hybridized carbons (Fsp3) is 0.105. The molecule has 0 radical (unpaired) electrons. The second-order valence-electron chi connectivity index (χ2n) is 6.26. The SMILES string of the molecule is CCn1c(-c2nonc2N)nc2cnc(Oc3cccc(-n4ccnc4)c3)cc21. The molecule has 10 nitrogen and oxygen atoms in total. The predicted molar refractivity (Wildman–Crippen MR) is 105 cm³/mol. The molecule has 0 amide bonds. The summed E-state index contributed by atoms with van der Waals surface area (Å²) in [6.45, 7) is 2.65. The maximum absolute atomic E-state index is 5.99. The van der Waals surface area contributed by atoms with E-state index in [1.54, 1.807) is 18.7 Å². The molecule has 0 atom stereocenters. The van der Waals surface area contributed by atoms with Gasteiger partial charge in [-0.25, -0.2) is 19.6 Å². The summed E-state index contributed by atoms with van der Waals surface area (Å²) in [5.74, 6) is 1.88. The van der Waals surface area contributed by atoms with E-state index in [2.05, 4.69) is 25.3 Å². The van der Waals surface area contributed by atoms with Crippen molar-refractivity contribution in [2.24, 2.45) is 0 Å². The number of fused-ring (bicyclic) bond motifs is 1. The third-order valence-corrected chi connectivity index (χ3v) is 4.49. The van der Waals surface area contributed by atoms with Crippen molar-refractivity contribution in [2.75, 3.05) is 5.73 Å². The number of imidazole rings is 2. The molecule has 0 saturated carbocycles. The van der Waals surface area contributed by atoms with Crippen LogP contribution in [0.2, 0.25) is 0 Å². The Balaban J connectivity index is 1.52. The third-order valence-electron chi connectivity index (χ3n) is 4.49. The molecule has 0 saturated heterocycles. The van der Waals surface area contributed by atoms with Crippen LogP contribution in [0.25, 0.3) is 28.2 Å². The summed E-state index contributed by atoms with van der Waals surface area (Å²) >= 11 is 0. The Bertz CT molecular complexity index is 1290. The fourth-order valence-corrected chi connectivity index (χ4v) is 3.16. The topological polar surface area (TPSA) is 123 Å². The lowest BCUT2D eigenvalue weighted by molar-refractivity contribution is 0.310. The summed E-state index contributed by atoms with van der Waals surface area (Å²) in [4.78, 5) is 13.0. The van der Waals surface area contributed by atoms with Gasteiger partial charge in [0.25, 0.3) is 0 Å². The molecule has 2 N–H and O–H groups in total. The molecule has 4 heterocycles. The van der Waals surface area contributed by atoms with Crippen LogP contribution in [0, 0.1) is 0 Å². The molecular weight excluding hydrogens is 372 g/mol. The first-order valence-corrected chi connectivity index (χ1v) is 8.94. The zero-order chi connectivity index (χ0) is 19.8. The van der Waals surface area contributed by atoms with Crippen LogP contribution in [0.3, 0.4) is 0 Å². The normalized spacial score (nSPS) is 11.2. The molecule has 0 aliphatic rings. The third kappa shape index (κ3) is 2.96. The van der Waals surface area contributed by atoms with E-state index in [9.17, 15) is 0 Å². The van der Waals surface area contributed by atoms with Crippen LogP contribution in [0.4, 0.5) is 5.82 Å². The first-order valence-electron chi connectivity index (χ1n) is 8.94. The van der Waals surface area contributed by atoms with E-state index in [0.717, 1.165) is 11.2 Å². The smallest absolute Gasteiger partial charge is 0.221 e. The number of hydrogen-bond acceptors (Lipinski definition) is 8. The lowest BCUT2D eigenvalue weighted by Gasteiger charge is -2.08. The second-order valence-corrected chi connectivity index (χ2v) is 6.26. The van der Waals surface area contributed by atoms with Gasteiger partial charge in [-0.05, 0) is 29.4 Å². The molecule has 0 fully saturated rings. The molecule has 144 valence electrons. The van der Waals surface area contributed by atoms with Gasteiger partial charge in [0.1, 0.15) is 11.3 Å². The largest absolute Gasteiger partial charge is 0.439 e. The maximum Gasteiger partial charge on any atom is 0.221 e. The van der Waals surface area contributed by atoms with Crippen LogP contribution in [0.5, 0.6) is 11.6 Å². The highest BCUT2D eigenvalue weighted by Gasteiger charge is 2.19. The summed E-state index contributed by atoms with van der Waals surface area (Å²) in [6, 6.07) is 9.51. The zero-order valence-electron chi connectivity index (χ0n) is 15.4. The molecule has 5 aromatic rings. The summed E-state index contributed by atoms with van der Waals surface area (Å²) in [5.41, 5.74) is 8.72. The highest BCUT2D eigenvalue weighted by Crippen LogP contribution is 2.29. The fourth-order valence-electron chi connectivity index (χ4n) is 3.16. The van der Waals surface area contributed by atoms with Gasteiger partial charge in [-0.3, -0.25) is 0 Å². The van der Waals surface area contributed by atoms with Gasteiger partial charge < -0.3 is 19.6 Å². The number of aromatic nitrogens is 7. The average molecular weight is 388 g/mol. The number of pyridine rings is 1. The minimum Gasteiger partial charge on any atom is -0.439 e. The molecule has 10 heteroatoms. The number of nitrogen functional groups attached to an aromatic ring is 1. The van der Waals surface area contributed by atoms with Crippen molar-refractivity contribution in [3.8, 4) is 28.8 Å². The van der Waals surface area contributed by atoms with Gasteiger partial charge in [0.2, 0.25) is 5.88 Å². The Morgan fingerprint density at radius 2 is 2.14 bits per heavy atom. The number of nitrogens with two attached hydrogens (primary N) is 1. The maximum atomic E-state index is 5.99. The average Bonchev–Trinajstić information content (AvgIpc) is 3.47. The zero-order valence-corrected chi connectivity index (χ0v) is 15.4. The Kier molecular flexibility index (Phi) is 3.94. The number of benzene rings is 1. The molecule has 0 aliphatic heterocycles. The highest BCUT2D eigenvalue weighted by atomic mass is 16.6. The first-order chi connectivity index (χ1) is 14.2. The Morgan fingerprint density at radius 1 is 1.21 bits per heavy atom. The van der Waals surface area contributed by atoms with Gasteiger partial charge in [0.15, 0.2) is 17.3 Å². The lowest BCUT2D eigenvalue weighted by Crippen LogP contribution is -2.00. The Hall–Kier alpha value is -4.21. The molecule has 0 spiro atoms. The summed E-state index contributed by atoms with van der Waals surface area (Å²) < 4.78 is 14.6. The Morgan fingerprint density at radius 3 is 2.90 bits per heavy atom. The van der Waals surface area contributed by atoms with Crippen LogP contribution in [0.1, 0.15) is 6.92 Å². The lowest BCUT2D eigenvalue weighted by atomic mass is 10.3. The van der Waals surface area contributed by atoms with Gasteiger partial charge in [0, 0.05) is 31.1 Å².